The van der Waals surface area contributed by atoms with Gasteiger partial charge in [-0.2, -0.15) is 0 Å². The predicted octanol–water partition coefficient (Wildman–Crippen LogP) is 3.39. The van der Waals surface area contributed by atoms with E-state index in [9.17, 15) is 29.2 Å². The zero-order valence-corrected chi connectivity index (χ0v) is 27.3. The maximum Gasteiger partial charge on any atom is 0.329 e. The molecule has 0 radical (unpaired) electrons. The number of hydrogen-bond donors (Lipinski definition) is 4. The highest BCUT2D eigenvalue weighted by Gasteiger charge is 2.39. The Morgan fingerprint density at radius 2 is 1.31 bits per heavy atom. The molecular formula is C34H48N4O7. The third-order valence-electron chi connectivity index (χ3n) is 7.58. The van der Waals surface area contributed by atoms with E-state index >= 15 is 0 Å². The first-order valence-electron chi connectivity index (χ1n) is 15.4. The number of rotatable bonds is 16. The van der Waals surface area contributed by atoms with Crippen LogP contribution in [0.1, 0.15) is 66.0 Å². The Morgan fingerprint density at radius 1 is 0.756 bits per heavy atom. The third kappa shape index (κ3) is 11.3. The number of nitrogens with zero attached hydrogens (tertiary/aromatic N) is 1. The molecule has 4 amide bonds. The molecule has 5 atom stereocenters. The van der Waals surface area contributed by atoms with Gasteiger partial charge in [0.1, 0.15) is 30.8 Å². The maximum absolute atomic E-state index is 13.6. The Morgan fingerprint density at radius 3 is 1.80 bits per heavy atom. The van der Waals surface area contributed by atoms with Gasteiger partial charge in [-0.05, 0) is 28.9 Å². The quantitative estimate of drug-likeness (QED) is 0.127. The number of carbonyl (C=O) groups excluding carboxylic acids is 5. The number of ether oxygens (including phenoxy) is 1. The summed E-state index contributed by atoms with van der Waals surface area (Å²) in [7, 11) is 0. The van der Waals surface area contributed by atoms with Crippen molar-refractivity contribution in [2.24, 2.45) is 17.8 Å². The summed E-state index contributed by atoms with van der Waals surface area (Å²) in [5, 5.41) is 19.3. The second kappa shape index (κ2) is 17.9. The summed E-state index contributed by atoms with van der Waals surface area (Å²) in [5.74, 6) is -4.58. The number of amides is 4. The number of benzene rings is 2. The second-order valence-electron chi connectivity index (χ2n) is 12.0. The largest absolute Gasteiger partial charge is 0.459 e. The Bertz CT molecular complexity index is 1270. The predicted molar refractivity (Wildman–Crippen MR) is 169 cm³/mol. The Labute approximate surface area is 266 Å². The van der Waals surface area contributed by atoms with Crippen LogP contribution in [0.2, 0.25) is 0 Å². The summed E-state index contributed by atoms with van der Waals surface area (Å²) >= 11 is 0. The molecule has 246 valence electrons. The number of hydroxylamine groups is 2. The topological polar surface area (TPSA) is 154 Å². The molecule has 11 heteroatoms. The molecule has 2 rings (SSSR count). The number of esters is 1. The molecule has 0 aliphatic rings. The molecule has 0 heterocycles. The van der Waals surface area contributed by atoms with E-state index < -0.39 is 65.6 Å². The van der Waals surface area contributed by atoms with Gasteiger partial charge in [-0.25, -0.2) is 9.86 Å². The minimum atomic E-state index is -1.36. The molecule has 0 saturated carbocycles. The molecule has 0 fully saturated rings. The van der Waals surface area contributed by atoms with Gasteiger partial charge >= 0.3 is 5.97 Å². The number of carbonyl (C=O) groups is 5. The Balaban J connectivity index is 2.26. The van der Waals surface area contributed by atoms with E-state index in [0.717, 1.165) is 11.1 Å². The molecule has 2 aromatic carbocycles. The molecule has 0 bridgehead atoms. The van der Waals surface area contributed by atoms with Crippen LogP contribution in [0.4, 0.5) is 0 Å². The highest BCUT2D eigenvalue weighted by molar-refractivity contribution is 5.95. The van der Waals surface area contributed by atoms with Gasteiger partial charge in [-0.1, -0.05) is 109 Å². The van der Waals surface area contributed by atoms with Crippen LogP contribution in [0.3, 0.4) is 0 Å². The summed E-state index contributed by atoms with van der Waals surface area (Å²) in [6, 6.07) is 13.8. The van der Waals surface area contributed by atoms with E-state index in [0.29, 0.717) is 11.5 Å². The minimum absolute atomic E-state index is 0.0255. The summed E-state index contributed by atoms with van der Waals surface area (Å²) in [4.78, 5) is 65.5. The first kappa shape index (κ1) is 36.9. The van der Waals surface area contributed by atoms with Crippen molar-refractivity contribution in [2.45, 2.75) is 92.1 Å². The lowest BCUT2D eigenvalue weighted by Gasteiger charge is -2.34. The summed E-state index contributed by atoms with van der Waals surface area (Å²) in [5.41, 5.74) is 1.59. The van der Waals surface area contributed by atoms with Gasteiger partial charge in [-0.3, -0.25) is 24.4 Å². The van der Waals surface area contributed by atoms with E-state index in [1.807, 2.05) is 67.6 Å². The van der Waals surface area contributed by atoms with E-state index in [2.05, 4.69) is 16.0 Å². The van der Waals surface area contributed by atoms with Crippen LogP contribution in [0, 0.1) is 17.8 Å². The van der Waals surface area contributed by atoms with Gasteiger partial charge in [-0.15, -0.1) is 0 Å². The van der Waals surface area contributed by atoms with Crippen molar-refractivity contribution in [3.63, 3.8) is 0 Å². The fourth-order valence-electron chi connectivity index (χ4n) is 4.79. The second-order valence-corrected chi connectivity index (χ2v) is 12.0. The lowest BCUT2D eigenvalue weighted by Crippen LogP contribution is -2.61. The van der Waals surface area contributed by atoms with Crippen molar-refractivity contribution < 1.29 is 33.9 Å². The van der Waals surface area contributed by atoms with Crippen molar-refractivity contribution in [3.05, 3.63) is 71.8 Å². The molecule has 0 saturated heterocycles. The molecular weight excluding hydrogens is 576 g/mol. The molecule has 0 unspecified atom stereocenters. The Kier molecular flexibility index (Phi) is 14.7. The molecule has 0 aliphatic carbocycles. The van der Waals surface area contributed by atoms with Crippen LogP contribution >= 0.6 is 0 Å². The molecule has 4 N–H and O–H groups in total. The molecule has 0 aliphatic heterocycles. The van der Waals surface area contributed by atoms with Gasteiger partial charge in [0.2, 0.25) is 17.7 Å². The zero-order chi connectivity index (χ0) is 33.7. The first-order chi connectivity index (χ1) is 21.3. The van der Waals surface area contributed by atoms with Gasteiger partial charge in [0.15, 0.2) is 0 Å². The van der Waals surface area contributed by atoms with E-state index in [4.69, 9.17) is 4.74 Å². The molecule has 2 aromatic rings. The van der Waals surface area contributed by atoms with E-state index in [1.54, 1.807) is 34.6 Å². The van der Waals surface area contributed by atoms with Crippen LogP contribution in [-0.4, -0.2) is 64.0 Å². The summed E-state index contributed by atoms with van der Waals surface area (Å²) in [6.07, 6.45) is 0.698. The van der Waals surface area contributed by atoms with Crippen molar-refractivity contribution >= 4 is 29.6 Å². The zero-order valence-electron chi connectivity index (χ0n) is 27.3. The van der Waals surface area contributed by atoms with Gasteiger partial charge in [0.25, 0.3) is 5.91 Å². The molecule has 45 heavy (non-hydrogen) atoms. The van der Waals surface area contributed by atoms with Crippen LogP contribution in [0.25, 0.3) is 0 Å². The van der Waals surface area contributed by atoms with Crippen molar-refractivity contribution in [3.8, 4) is 0 Å². The fraction of sp³-hybridized carbons (Fsp3) is 0.500. The van der Waals surface area contributed by atoms with Crippen molar-refractivity contribution in [1.29, 1.82) is 0 Å². The standard InChI is InChI=1S/C34H48N4O7/c1-8-23(6)29(35-24(7)39)33(42)38(44)30(22(4)5)32(41)37-28(21(2)3)31(40)36-27(19-25-15-11-9-12-16-25)34(43)45-20-26-17-13-10-14-18-26/h9-18,21-23,27-30,44H,8,19-20H2,1-7H3,(H,35,39)(H,36,40)(H,37,41)/t23-,27-,28-,29-,30-/m0/s1. The third-order valence-corrected chi connectivity index (χ3v) is 7.58. The van der Waals surface area contributed by atoms with Crippen molar-refractivity contribution in [2.75, 3.05) is 0 Å². The minimum Gasteiger partial charge on any atom is -0.459 e. The highest BCUT2D eigenvalue weighted by atomic mass is 16.5. The first-order valence-corrected chi connectivity index (χ1v) is 15.4. The van der Waals surface area contributed by atoms with Gasteiger partial charge in [0, 0.05) is 13.3 Å². The lowest BCUT2D eigenvalue weighted by atomic mass is 9.95. The fourth-order valence-corrected chi connectivity index (χ4v) is 4.79. The average Bonchev–Trinajstić information content (AvgIpc) is 3.00. The summed E-state index contributed by atoms with van der Waals surface area (Å²) < 4.78 is 5.54. The molecule has 11 nitrogen and oxygen atoms in total. The van der Waals surface area contributed by atoms with Crippen LogP contribution < -0.4 is 16.0 Å². The smallest absolute Gasteiger partial charge is 0.329 e. The van der Waals surface area contributed by atoms with Crippen LogP contribution in [0.5, 0.6) is 0 Å². The van der Waals surface area contributed by atoms with Crippen LogP contribution in [0.15, 0.2) is 60.7 Å². The average molecular weight is 625 g/mol. The Hall–Kier alpha value is -4.25. The number of hydrogen-bond acceptors (Lipinski definition) is 7. The van der Waals surface area contributed by atoms with Crippen LogP contribution in [-0.2, 0) is 41.7 Å². The molecule has 0 spiro atoms. The monoisotopic (exact) mass is 624 g/mol. The van der Waals surface area contributed by atoms with E-state index in [1.165, 1.54) is 6.92 Å². The highest BCUT2D eigenvalue weighted by Crippen LogP contribution is 2.17. The van der Waals surface area contributed by atoms with Gasteiger partial charge in [0.05, 0.1) is 0 Å². The summed E-state index contributed by atoms with van der Waals surface area (Å²) in [6.45, 7) is 11.7. The number of nitrogens with one attached hydrogen (secondary N) is 3. The SMILES string of the molecule is CC[C@H](C)[C@H](NC(C)=O)C(=O)N(O)[C@H](C(=O)N[C@H](C(=O)N[C@@H](Cc1ccccc1)C(=O)OCc1ccccc1)C(C)C)C(C)C. The molecule has 0 aromatic heterocycles. The van der Waals surface area contributed by atoms with Gasteiger partial charge < -0.3 is 20.7 Å². The van der Waals surface area contributed by atoms with Crippen molar-refractivity contribution in [1.82, 2.24) is 21.0 Å². The lowest BCUT2D eigenvalue weighted by molar-refractivity contribution is -0.187. The normalized spacial score (nSPS) is 14.4. The van der Waals surface area contributed by atoms with E-state index in [-0.39, 0.29) is 18.9 Å². The maximum atomic E-state index is 13.6.